The van der Waals surface area contributed by atoms with Crippen molar-refractivity contribution in [1.29, 1.82) is 0 Å². The fourth-order valence-electron chi connectivity index (χ4n) is 0. The largest absolute Gasteiger partial charge is 0.255 e. The van der Waals surface area contributed by atoms with Crippen molar-refractivity contribution in [3.8, 4) is 0 Å². The Balaban J connectivity index is 0. The van der Waals surface area contributed by atoms with E-state index in [-0.39, 0.29) is 12.4 Å². The van der Waals surface area contributed by atoms with Gasteiger partial charge in [0, 0.05) is 6.54 Å². The van der Waals surface area contributed by atoms with Crippen LogP contribution in [0.4, 0.5) is 0 Å². The molecule has 4 N–H and O–H groups in total. The van der Waals surface area contributed by atoms with Crippen molar-refractivity contribution in [2.24, 2.45) is 11.7 Å². The quantitative estimate of drug-likeness (QED) is 0.347. The van der Waals surface area contributed by atoms with Gasteiger partial charge in [-0.15, -0.1) is 12.4 Å². The van der Waals surface area contributed by atoms with Crippen molar-refractivity contribution in [2.75, 3.05) is 6.54 Å². The van der Waals surface area contributed by atoms with Crippen LogP contribution in [0.25, 0.3) is 0 Å². The first-order chi connectivity index (χ1) is 2.27. The van der Waals surface area contributed by atoms with Crippen molar-refractivity contribution in [3.63, 3.8) is 0 Å². The predicted octanol–water partition coefficient (Wildman–Crippen LogP) is -0.708. The molecular formula is C2H9ClN3. The fourth-order valence-corrected chi connectivity index (χ4v) is 0. The summed E-state index contributed by atoms with van der Waals surface area (Å²) in [6, 6.07) is 0. The van der Waals surface area contributed by atoms with Crippen LogP contribution in [0.5, 0.6) is 0 Å². The van der Waals surface area contributed by atoms with E-state index >= 15 is 0 Å². The lowest BCUT2D eigenvalue weighted by molar-refractivity contribution is 0.327. The lowest BCUT2D eigenvalue weighted by Crippen LogP contribution is -2.37. The Bertz CT molecular complexity index is 22.8. The maximum Gasteiger partial charge on any atom is 0.0283 e. The van der Waals surface area contributed by atoms with Crippen LogP contribution in [0, 0.1) is 6.92 Å². The third-order valence-electron chi connectivity index (χ3n) is 0.258. The molecule has 3 nitrogen and oxygen atoms in total. The molecule has 0 spiro atoms. The zero-order valence-corrected chi connectivity index (χ0v) is 4.24. The molecule has 6 heavy (non-hydrogen) atoms. The van der Waals surface area contributed by atoms with Gasteiger partial charge < -0.3 is 0 Å². The van der Waals surface area contributed by atoms with Crippen molar-refractivity contribution in [2.45, 2.75) is 0 Å². The smallest absolute Gasteiger partial charge is 0.0283 e. The van der Waals surface area contributed by atoms with E-state index < -0.39 is 0 Å². The molecule has 0 aromatic rings. The minimum Gasteiger partial charge on any atom is -0.255 e. The van der Waals surface area contributed by atoms with Gasteiger partial charge in [0.2, 0.25) is 0 Å². The van der Waals surface area contributed by atoms with Gasteiger partial charge in [-0.1, -0.05) is 0 Å². The Morgan fingerprint density at radius 3 is 1.67 bits per heavy atom. The molecule has 0 fully saturated rings. The van der Waals surface area contributed by atoms with Crippen LogP contribution < -0.4 is 11.7 Å². The molecule has 0 rings (SSSR count). The first-order valence-electron chi connectivity index (χ1n) is 1.33. The van der Waals surface area contributed by atoms with Crippen LogP contribution in [0.3, 0.4) is 0 Å². The van der Waals surface area contributed by atoms with E-state index in [9.17, 15) is 0 Å². The van der Waals surface area contributed by atoms with Gasteiger partial charge in [0.15, 0.2) is 0 Å². The highest BCUT2D eigenvalue weighted by atomic mass is 35.5. The van der Waals surface area contributed by atoms with Gasteiger partial charge in [-0.2, -0.15) is 5.12 Å². The molecule has 0 atom stereocenters. The molecule has 0 amide bonds. The SMILES string of the molecule is Cl.[CH2]CN(N)N. The molecule has 39 valence electrons. The van der Waals surface area contributed by atoms with Gasteiger partial charge in [0.1, 0.15) is 0 Å². The fraction of sp³-hybridized carbons (Fsp3) is 0.500. The lowest BCUT2D eigenvalue weighted by atomic mass is 10.8. The number of hydrogen-bond acceptors (Lipinski definition) is 3. The van der Waals surface area contributed by atoms with E-state index in [1.54, 1.807) is 0 Å². The normalized spacial score (nSPS) is 8.00. The summed E-state index contributed by atoms with van der Waals surface area (Å²) in [4.78, 5) is 0. The monoisotopic (exact) mass is 110 g/mol. The van der Waals surface area contributed by atoms with Gasteiger partial charge >= 0.3 is 0 Å². The molecule has 1 radical (unpaired) electrons. The van der Waals surface area contributed by atoms with Gasteiger partial charge in [-0.25, -0.2) is 0 Å². The topological polar surface area (TPSA) is 55.3 Å². The number of hydrogen-bond donors (Lipinski definition) is 2. The summed E-state index contributed by atoms with van der Waals surface area (Å²) in [5.41, 5.74) is 0. The average molecular weight is 111 g/mol. The molecule has 0 bridgehead atoms. The average Bonchev–Trinajstić information content (AvgIpc) is 1.38. The lowest BCUT2D eigenvalue weighted by Gasteiger charge is -1.99. The summed E-state index contributed by atoms with van der Waals surface area (Å²) in [7, 11) is 0. The molecule has 0 aromatic carbocycles. The van der Waals surface area contributed by atoms with E-state index in [1.807, 2.05) is 0 Å². The second-order valence-corrected chi connectivity index (χ2v) is 0.738. The summed E-state index contributed by atoms with van der Waals surface area (Å²) in [6.07, 6.45) is 0. The van der Waals surface area contributed by atoms with Gasteiger partial charge in [-0.05, 0) is 6.92 Å². The van der Waals surface area contributed by atoms with Crippen LogP contribution in [0.15, 0.2) is 0 Å². The molecule has 0 saturated carbocycles. The summed E-state index contributed by atoms with van der Waals surface area (Å²) in [5.74, 6) is 9.68. The van der Waals surface area contributed by atoms with E-state index in [2.05, 4.69) is 6.92 Å². The number of rotatable bonds is 1. The highest BCUT2D eigenvalue weighted by molar-refractivity contribution is 5.85. The Morgan fingerprint density at radius 2 is 1.67 bits per heavy atom. The van der Waals surface area contributed by atoms with Crippen LogP contribution >= 0.6 is 12.4 Å². The molecule has 4 heteroatoms. The first kappa shape index (κ1) is 9.48. The van der Waals surface area contributed by atoms with Crippen LogP contribution in [0.1, 0.15) is 0 Å². The van der Waals surface area contributed by atoms with Gasteiger partial charge in [0.05, 0.1) is 0 Å². The zero-order chi connectivity index (χ0) is 4.28. The predicted molar refractivity (Wildman–Crippen MR) is 27.7 cm³/mol. The van der Waals surface area contributed by atoms with Crippen LogP contribution in [-0.2, 0) is 0 Å². The molecular weight excluding hydrogens is 101 g/mol. The second kappa shape index (κ2) is 5.17. The zero-order valence-electron chi connectivity index (χ0n) is 3.42. The van der Waals surface area contributed by atoms with Crippen molar-refractivity contribution in [1.82, 2.24) is 5.12 Å². The summed E-state index contributed by atoms with van der Waals surface area (Å²) < 4.78 is 0. The van der Waals surface area contributed by atoms with Crippen LogP contribution in [0.2, 0.25) is 0 Å². The third kappa shape index (κ3) is 8.90. The minimum absolute atomic E-state index is 0. The van der Waals surface area contributed by atoms with E-state index in [4.69, 9.17) is 11.7 Å². The molecule has 0 aromatic heterocycles. The van der Waals surface area contributed by atoms with Crippen molar-refractivity contribution < 1.29 is 0 Å². The number of nitrogens with zero attached hydrogens (tertiary/aromatic N) is 1. The van der Waals surface area contributed by atoms with Gasteiger partial charge in [-0.3, -0.25) is 11.7 Å². The Hall–Kier alpha value is 0.170. The highest BCUT2D eigenvalue weighted by Gasteiger charge is 1.72. The third-order valence-corrected chi connectivity index (χ3v) is 0.258. The van der Waals surface area contributed by atoms with Crippen LogP contribution in [-0.4, -0.2) is 11.7 Å². The summed E-state index contributed by atoms with van der Waals surface area (Å²) in [5, 5.41) is 1.01. The highest BCUT2D eigenvalue weighted by Crippen LogP contribution is 1.49. The van der Waals surface area contributed by atoms with Crippen molar-refractivity contribution in [3.05, 3.63) is 6.92 Å². The van der Waals surface area contributed by atoms with Crippen molar-refractivity contribution >= 4 is 12.4 Å². The summed E-state index contributed by atoms with van der Waals surface area (Å²) in [6.45, 7) is 3.81. The molecule has 0 aliphatic heterocycles. The van der Waals surface area contributed by atoms with Gasteiger partial charge in [0.25, 0.3) is 0 Å². The molecule has 0 aliphatic carbocycles. The Kier molecular flexibility index (Phi) is 8.17. The van der Waals surface area contributed by atoms with E-state index in [1.165, 1.54) is 0 Å². The summed E-state index contributed by atoms with van der Waals surface area (Å²) >= 11 is 0. The molecule has 0 aliphatic rings. The molecule has 0 unspecified atom stereocenters. The number of nitrogens with two attached hydrogens (primary N) is 2. The van der Waals surface area contributed by atoms with E-state index in [0.717, 1.165) is 5.12 Å². The first-order valence-corrected chi connectivity index (χ1v) is 1.33. The standard InChI is InChI=1S/C2H8N3.ClH/c1-2-5(3)4;/h1-4H2;1H. The second-order valence-electron chi connectivity index (χ2n) is 0.738. The maximum atomic E-state index is 4.84. The Morgan fingerprint density at radius 1 is 1.50 bits per heavy atom. The molecule has 0 heterocycles. The van der Waals surface area contributed by atoms with E-state index in [0.29, 0.717) is 6.54 Å². The maximum absolute atomic E-state index is 4.84. The Labute approximate surface area is 43.6 Å². The molecule has 0 saturated heterocycles. The number of hydrazine groups is 2. The minimum atomic E-state index is 0. The number of halogens is 1.